The second-order valence-electron chi connectivity index (χ2n) is 2.26. The zero-order chi connectivity index (χ0) is 10.3. The van der Waals surface area contributed by atoms with Gasteiger partial charge < -0.3 is 10.0 Å². The Kier molecular flexibility index (Phi) is 5.29. The van der Waals surface area contributed by atoms with Gasteiger partial charge in [-0.05, 0) is 0 Å². The van der Waals surface area contributed by atoms with Crippen molar-refractivity contribution in [3.63, 3.8) is 0 Å². The number of urea groups is 1. The van der Waals surface area contributed by atoms with Gasteiger partial charge in [-0.15, -0.1) is 6.58 Å². The number of carbonyl (C=O) groups is 2. The van der Waals surface area contributed by atoms with Gasteiger partial charge >= 0.3 is 12.0 Å². The molecule has 0 aromatic carbocycles. The predicted molar refractivity (Wildman–Crippen MR) is 44.9 cm³/mol. The number of carbonyl (C=O) groups excluding carboxylic acids is 1. The normalized spacial score (nSPS) is 9.00. The van der Waals surface area contributed by atoms with Crippen LogP contribution in [0.2, 0.25) is 0 Å². The minimum atomic E-state index is -1.15. The third-order valence-electron chi connectivity index (χ3n) is 1.10. The average Bonchev–Trinajstić information content (AvgIpc) is 2.04. The van der Waals surface area contributed by atoms with Gasteiger partial charge in [0.15, 0.2) is 6.61 Å². The molecule has 6 heteroatoms. The molecule has 0 spiro atoms. The average molecular weight is 188 g/mol. The lowest BCUT2D eigenvalue weighted by atomic mass is 10.6. The molecule has 74 valence electrons. The summed E-state index contributed by atoms with van der Waals surface area (Å²) in [6, 6.07) is -0.513. The molecule has 0 aliphatic heterocycles. The van der Waals surface area contributed by atoms with Gasteiger partial charge in [-0.3, -0.25) is 4.84 Å². The summed E-state index contributed by atoms with van der Waals surface area (Å²) in [5.41, 5.74) is 1.96. The van der Waals surface area contributed by atoms with Crippen LogP contribution in [0.5, 0.6) is 0 Å². The van der Waals surface area contributed by atoms with Crippen LogP contribution in [0.25, 0.3) is 0 Å². The van der Waals surface area contributed by atoms with Crippen LogP contribution in [0.1, 0.15) is 0 Å². The van der Waals surface area contributed by atoms with E-state index in [1.165, 1.54) is 18.0 Å². The molecule has 0 atom stereocenters. The lowest BCUT2D eigenvalue weighted by Gasteiger charge is -2.14. The van der Waals surface area contributed by atoms with E-state index in [1.807, 2.05) is 5.48 Å². The van der Waals surface area contributed by atoms with E-state index in [0.717, 1.165) is 0 Å². The number of hydrogen-bond donors (Lipinski definition) is 2. The molecule has 0 aromatic heterocycles. The fraction of sp³-hybridized carbons (Fsp3) is 0.429. The van der Waals surface area contributed by atoms with Crippen molar-refractivity contribution in [3.05, 3.63) is 12.7 Å². The van der Waals surface area contributed by atoms with Crippen molar-refractivity contribution < 1.29 is 19.5 Å². The van der Waals surface area contributed by atoms with Gasteiger partial charge in [0, 0.05) is 13.6 Å². The van der Waals surface area contributed by atoms with Crippen molar-refractivity contribution in [1.82, 2.24) is 10.4 Å². The molecule has 0 aliphatic carbocycles. The van der Waals surface area contributed by atoms with Crippen molar-refractivity contribution in [3.8, 4) is 0 Å². The molecule has 0 fully saturated rings. The third-order valence-corrected chi connectivity index (χ3v) is 1.10. The Morgan fingerprint density at radius 3 is 2.77 bits per heavy atom. The van der Waals surface area contributed by atoms with Crippen LogP contribution in [0.15, 0.2) is 12.7 Å². The molecule has 0 saturated carbocycles. The molecule has 0 radical (unpaired) electrons. The molecular weight excluding hydrogens is 176 g/mol. The molecule has 0 saturated heterocycles. The van der Waals surface area contributed by atoms with E-state index in [1.54, 1.807) is 0 Å². The highest BCUT2D eigenvalue weighted by molar-refractivity contribution is 5.73. The summed E-state index contributed by atoms with van der Waals surface area (Å²) in [7, 11) is 1.53. The van der Waals surface area contributed by atoms with Crippen LogP contribution < -0.4 is 5.48 Å². The molecule has 0 unspecified atom stereocenters. The van der Waals surface area contributed by atoms with E-state index >= 15 is 0 Å². The Labute approximate surface area is 75.7 Å². The van der Waals surface area contributed by atoms with E-state index in [2.05, 4.69) is 11.4 Å². The van der Waals surface area contributed by atoms with E-state index in [0.29, 0.717) is 6.54 Å². The van der Waals surface area contributed by atoms with E-state index in [9.17, 15) is 9.59 Å². The molecule has 0 aliphatic rings. The molecule has 0 aromatic rings. The maximum Gasteiger partial charge on any atom is 0.341 e. The summed E-state index contributed by atoms with van der Waals surface area (Å²) in [5.74, 6) is -1.15. The Morgan fingerprint density at radius 2 is 2.31 bits per heavy atom. The van der Waals surface area contributed by atoms with Crippen LogP contribution >= 0.6 is 0 Å². The van der Waals surface area contributed by atoms with Gasteiger partial charge in [-0.1, -0.05) is 6.08 Å². The maximum absolute atomic E-state index is 11.0. The van der Waals surface area contributed by atoms with Crippen LogP contribution in [0.4, 0.5) is 4.79 Å². The number of hydroxylamine groups is 1. The predicted octanol–water partition coefficient (Wildman–Crippen LogP) is -0.170. The van der Waals surface area contributed by atoms with Crippen LogP contribution in [-0.2, 0) is 9.63 Å². The van der Waals surface area contributed by atoms with Gasteiger partial charge in [0.2, 0.25) is 0 Å². The highest BCUT2D eigenvalue weighted by atomic mass is 16.7. The number of amides is 2. The zero-order valence-electron chi connectivity index (χ0n) is 7.32. The Bertz CT molecular complexity index is 205. The lowest BCUT2D eigenvalue weighted by molar-refractivity contribution is -0.144. The number of nitrogens with one attached hydrogen (secondary N) is 1. The van der Waals surface area contributed by atoms with Crippen LogP contribution in [0.3, 0.4) is 0 Å². The van der Waals surface area contributed by atoms with Crippen molar-refractivity contribution in [1.29, 1.82) is 0 Å². The Hall–Kier alpha value is -1.56. The van der Waals surface area contributed by atoms with E-state index in [-0.39, 0.29) is 0 Å². The highest BCUT2D eigenvalue weighted by Crippen LogP contribution is 1.83. The molecule has 0 heterocycles. The van der Waals surface area contributed by atoms with E-state index in [4.69, 9.17) is 5.11 Å². The molecule has 2 amide bonds. The van der Waals surface area contributed by atoms with Gasteiger partial charge in [-0.2, -0.15) is 0 Å². The highest BCUT2D eigenvalue weighted by Gasteiger charge is 2.06. The smallest absolute Gasteiger partial charge is 0.341 e. The molecule has 6 nitrogen and oxygen atoms in total. The molecule has 2 N–H and O–H groups in total. The Balaban J connectivity index is 3.61. The first-order valence-corrected chi connectivity index (χ1v) is 3.53. The summed E-state index contributed by atoms with van der Waals surface area (Å²) in [6.07, 6.45) is 1.54. The number of hydrogen-bond acceptors (Lipinski definition) is 3. The number of likely N-dealkylation sites (N-methyl/N-ethyl adjacent to an activating group) is 1. The molecule has 0 rings (SSSR count). The largest absolute Gasteiger partial charge is 0.479 e. The second-order valence-corrected chi connectivity index (χ2v) is 2.26. The standard InChI is InChI=1S/C7H12N2O4/c1-3-4-9(2)7(12)8-13-5-6(10)11/h3H,1,4-5H2,2H3,(H,8,12)(H,10,11). The minimum absolute atomic E-state index is 0.363. The monoisotopic (exact) mass is 188 g/mol. The summed E-state index contributed by atoms with van der Waals surface area (Å²) in [6.45, 7) is 3.24. The number of carboxylic acids is 1. The van der Waals surface area contributed by atoms with Crippen molar-refractivity contribution in [2.45, 2.75) is 0 Å². The molecular formula is C7H12N2O4. The molecule has 13 heavy (non-hydrogen) atoms. The van der Waals surface area contributed by atoms with Gasteiger partial charge in [0.25, 0.3) is 0 Å². The maximum atomic E-state index is 11.0. The first-order valence-electron chi connectivity index (χ1n) is 3.53. The quantitative estimate of drug-likeness (QED) is 0.463. The summed E-state index contributed by atoms with van der Waals surface area (Å²) in [4.78, 5) is 26.6. The summed E-state index contributed by atoms with van der Waals surface area (Å²) in [5, 5.41) is 8.16. The lowest BCUT2D eigenvalue weighted by Crippen LogP contribution is -2.38. The number of carboxylic acid groups (broad SMARTS) is 1. The van der Waals surface area contributed by atoms with E-state index < -0.39 is 18.6 Å². The fourth-order valence-electron chi connectivity index (χ4n) is 0.514. The second kappa shape index (κ2) is 6.01. The number of nitrogens with zero attached hydrogens (tertiary/aromatic N) is 1. The first kappa shape index (κ1) is 11.4. The van der Waals surface area contributed by atoms with Crippen molar-refractivity contribution in [2.24, 2.45) is 0 Å². The van der Waals surface area contributed by atoms with Crippen LogP contribution in [-0.4, -0.2) is 42.2 Å². The van der Waals surface area contributed by atoms with Crippen LogP contribution in [0, 0.1) is 0 Å². The van der Waals surface area contributed by atoms with Crippen molar-refractivity contribution in [2.75, 3.05) is 20.2 Å². The SMILES string of the molecule is C=CCN(C)C(=O)NOCC(=O)O. The van der Waals surface area contributed by atoms with Crippen molar-refractivity contribution >= 4 is 12.0 Å². The number of aliphatic carboxylic acids is 1. The van der Waals surface area contributed by atoms with Gasteiger partial charge in [-0.25, -0.2) is 15.1 Å². The first-order chi connectivity index (χ1) is 6.07. The zero-order valence-corrected chi connectivity index (χ0v) is 7.32. The Morgan fingerprint density at radius 1 is 1.69 bits per heavy atom. The molecule has 0 bridgehead atoms. The fourth-order valence-corrected chi connectivity index (χ4v) is 0.514. The summed E-state index contributed by atoms with van der Waals surface area (Å²) < 4.78 is 0. The third kappa shape index (κ3) is 5.68. The summed E-state index contributed by atoms with van der Waals surface area (Å²) >= 11 is 0. The van der Waals surface area contributed by atoms with Gasteiger partial charge in [0.05, 0.1) is 0 Å². The number of rotatable bonds is 5. The minimum Gasteiger partial charge on any atom is -0.479 e. The topological polar surface area (TPSA) is 78.9 Å². The van der Waals surface area contributed by atoms with Gasteiger partial charge in [0.1, 0.15) is 0 Å².